The highest BCUT2D eigenvalue weighted by Gasteiger charge is 2.40. The molecule has 2 aromatic rings. The summed E-state index contributed by atoms with van der Waals surface area (Å²) in [5, 5.41) is 0. The van der Waals surface area contributed by atoms with Crippen molar-refractivity contribution >= 4 is 21.7 Å². The maximum absolute atomic E-state index is 13.0. The summed E-state index contributed by atoms with van der Waals surface area (Å²) in [4.78, 5) is 13.0. The molecule has 0 aliphatic rings. The molecule has 0 aliphatic heterocycles. The number of benzene rings is 2. The molecule has 0 aromatic heterocycles. The molecule has 0 amide bonds. The van der Waals surface area contributed by atoms with Gasteiger partial charge in [-0.25, -0.2) is 0 Å². The number of hydrogen-bond acceptors (Lipinski definition) is 1. The van der Waals surface area contributed by atoms with Gasteiger partial charge in [-0.1, -0.05) is 90.1 Å². The Morgan fingerprint density at radius 1 is 1.05 bits per heavy atom. The highest BCUT2D eigenvalue weighted by molar-refractivity contribution is 9.11. The standard InChI is InChI=1S/C18H17BrO/c1-3-18(14(2)19,16-12-8-5-9-13-16)17(20)15-10-6-4-7-11-15/h4-13H,2-3H2,1H3/t18-/m1/s1. The molecule has 0 aliphatic carbocycles. The molecule has 1 atom stereocenters. The Kier molecular flexibility index (Phi) is 4.56. The molecule has 0 unspecified atom stereocenters. The highest BCUT2D eigenvalue weighted by Crippen LogP contribution is 2.40. The predicted octanol–water partition coefficient (Wildman–Crippen LogP) is 5.13. The van der Waals surface area contributed by atoms with Crippen molar-refractivity contribution < 1.29 is 4.79 Å². The van der Waals surface area contributed by atoms with Crippen LogP contribution in [0.15, 0.2) is 71.7 Å². The van der Waals surface area contributed by atoms with Gasteiger partial charge in [0.05, 0.1) is 5.41 Å². The van der Waals surface area contributed by atoms with Gasteiger partial charge in [0.1, 0.15) is 0 Å². The number of carbonyl (C=O) groups is 1. The van der Waals surface area contributed by atoms with Gasteiger partial charge in [-0.3, -0.25) is 4.79 Å². The van der Waals surface area contributed by atoms with E-state index in [0.717, 1.165) is 5.56 Å². The van der Waals surface area contributed by atoms with Crippen molar-refractivity contribution in [2.24, 2.45) is 0 Å². The third-order valence-electron chi connectivity index (χ3n) is 3.68. The van der Waals surface area contributed by atoms with E-state index in [1.54, 1.807) is 0 Å². The molecule has 0 heterocycles. The third kappa shape index (κ3) is 2.48. The van der Waals surface area contributed by atoms with E-state index in [2.05, 4.69) is 22.5 Å². The molecule has 1 nitrogen and oxygen atoms in total. The van der Waals surface area contributed by atoms with Crippen LogP contribution in [0.25, 0.3) is 0 Å². The summed E-state index contributed by atoms with van der Waals surface area (Å²) in [6.45, 7) is 6.03. The molecule has 0 bridgehead atoms. The minimum atomic E-state index is -0.720. The second kappa shape index (κ2) is 6.19. The number of carbonyl (C=O) groups excluding carboxylic acids is 1. The van der Waals surface area contributed by atoms with E-state index < -0.39 is 5.41 Å². The zero-order chi connectivity index (χ0) is 14.6. The summed E-state index contributed by atoms with van der Waals surface area (Å²) in [7, 11) is 0. The molecule has 0 saturated heterocycles. The first kappa shape index (κ1) is 14.7. The van der Waals surface area contributed by atoms with Crippen LogP contribution < -0.4 is 0 Å². The van der Waals surface area contributed by atoms with Crippen LogP contribution in [0.3, 0.4) is 0 Å². The number of rotatable bonds is 5. The molecule has 2 rings (SSSR count). The van der Waals surface area contributed by atoms with Crippen LogP contribution in [-0.2, 0) is 5.41 Å². The molecular formula is C18H17BrO. The first-order chi connectivity index (χ1) is 9.63. The molecule has 20 heavy (non-hydrogen) atoms. The summed E-state index contributed by atoms with van der Waals surface area (Å²) in [6, 6.07) is 19.2. The van der Waals surface area contributed by atoms with E-state index in [1.807, 2.05) is 67.6 Å². The Hall–Kier alpha value is -1.67. The third-order valence-corrected chi connectivity index (χ3v) is 4.36. The Balaban J connectivity index is 2.59. The van der Waals surface area contributed by atoms with Gasteiger partial charge >= 0.3 is 0 Å². The zero-order valence-electron chi connectivity index (χ0n) is 11.5. The lowest BCUT2D eigenvalue weighted by molar-refractivity contribution is 0.0912. The van der Waals surface area contributed by atoms with E-state index >= 15 is 0 Å². The van der Waals surface area contributed by atoms with Crippen LogP contribution in [0.2, 0.25) is 0 Å². The fourth-order valence-electron chi connectivity index (χ4n) is 2.53. The van der Waals surface area contributed by atoms with Crippen LogP contribution in [-0.4, -0.2) is 5.78 Å². The number of ketones is 1. The van der Waals surface area contributed by atoms with Gasteiger partial charge in [0, 0.05) is 10.0 Å². The largest absolute Gasteiger partial charge is 0.293 e. The lowest BCUT2D eigenvalue weighted by atomic mass is 9.72. The van der Waals surface area contributed by atoms with Crippen molar-refractivity contribution in [3.05, 3.63) is 82.9 Å². The topological polar surface area (TPSA) is 17.1 Å². The Morgan fingerprint density at radius 3 is 2.00 bits per heavy atom. The Labute approximate surface area is 128 Å². The van der Waals surface area contributed by atoms with Crippen LogP contribution in [0, 0.1) is 0 Å². The zero-order valence-corrected chi connectivity index (χ0v) is 13.1. The van der Waals surface area contributed by atoms with E-state index in [9.17, 15) is 4.79 Å². The second-order valence-electron chi connectivity index (χ2n) is 4.72. The normalized spacial score (nSPS) is 13.5. The Morgan fingerprint density at radius 2 is 1.55 bits per heavy atom. The van der Waals surface area contributed by atoms with Crippen LogP contribution >= 0.6 is 15.9 Å². The van der Waals surface area contributed by atoms with E-state index in [0.29, 0.717) is 16.5 Å². The van der Waals surface area contributed by atoms with Gasteiger partial charge in [-0.2, -0.15) is 0 Å². The van der Waals surface area contributed by atoms with Gasteiger partial charge in [-0.05, 0) is 12.0 Å². The lowest BCUT2D eigenvalue weighted by Gasteiger charge is -2.31. The van der Waals surface area contributed by atoms with Gasteiger partial charge in [0.15, 0.2) is 5.78 Å². The minimum Gasteiger partial charge on any atom is -0.293 e. The first-order valence-electron chi connectivity index (χ1n) is 6.63. The fraction of sp³-hybridized carbons (Fsp3) is 0.167. The monoisotopic (exact) mass is 328 g/mol. The number of allylic oxidation sites excluding steroid dienone is 1. The van der Waals surface area contributed by atoms with Crippen LogP contribution in [0.5, 0.6) is 0 Å². The molecule has 0 saturated carbocycles. The SMILES string of the molecule is C=C(Br)[C@@](CC)(C(=O)c1ccccc1)c1ccccc1. The summed E-state index contributed by atoms with van der Waals surface area (Å²) in [5.41, 5.74) is 0.958. The number of Topliss-reactive ketones (excluding diaryl/α,β-unsaturated/α-hetero) is 1. The predicted molar refractivity (Wildman–Crippen MR) is 87.3 cm³/mol. The van der Waals surface area contributed by atoms with Gasteiger partial charge in [0.2, 0.25) is 0 Å². The summed E-state index contributed by atoms with van der Waals surface area (Å²) >= 11 is 3.48. The van der Waals surface area contributed by atoms with E-state index in [-0.39, 0.29) is 5.78 Å². The van der Waals surface area contributed by atoms with E-state index in [1.165, 1.54) is 0 Å². The molecular weight excluding hydrogens is 312 g/mol. The van der Waals surface area contributed by atoms with Gasteiger partial charge in [-0.15, -0.1) is 0 Å². The van der Waals surface area contributed by atoms with E-state index in [4.69, 9.17) is 0 Å². The molecule has 2 heteroatoms. The smallest absolute Gasteiger partial charge is 0.178 e. The minimum absolute atomic E-state index is 0.0775. The van der Waals surface area contributed by atoms with Crippen molar-refractivity contribution in [1.29, 1.82) is 0 Å². The maximum atomic E-state index is 13.0. The number of hydrogen-bond donors (Lipinski definition) is 0. The fourth-order valence-corrected chi connectivity index (χ4v) is 3.22. The average molecular weight is 329 g/mol. The molecule has 0 radical (unpaired) electrons. The van der Waals surface area contributed by atoms with Crippen LogP contribution in [0.1, 0.15) is 29.3 Å². The molecule has 0 fully saturated rings. The highest BCUT2D eigenvalue weighted by atomic mass is 79.9. The van der Waals surface area contributed by atoms with Gasteiger partial charge < -0.3 is 0 Å². The van der Waals surface area contributed by atoms with Gasteiger partial charge in [0.25, 0.3) is 0 Å². The van der Waals surface area contributed by atoms with Crippen molar-refractivity contribution in [3.63, 3.8) is 0 Å². The summed E-state index contributed by atoms with van der Waals surface area (Å²) < 4.78 is 0.701. The quantitative estimate of drug-likeness (QED) is 0.695. The average Bonchev–Trinajstić information content (AvgIpc) is 2.50. The van der Waals surface area contributed by atoms with Crippen LogP contribution in [0.4, 0.5) is 0 Å². The first-order valence-corrected chi connectivity index (χ1v) is 7.42. The van der Waals surface area contributed by atoms with Crippen molar-refractivity contribution in [3.8, 4) is 0 Å². The summed E-state index contributed by atoms with van der Waals surface area (Å²) in [6.07, 6.45) is 0.662. The molecule has 102 valence electrons. The number of halogens is 1. The van der Waals surface area contributed by atoms with Crippen molar-refractivity contribution in [1.82, 2.24) is 0 Å². The maximum Gasteiger partial charge on any atom is 0.178 e. The second-order valence-corrected chi connectivity index (χ2v) is 5.68. The summed E-state index contributed by atoms with van der Waals surface area (Å²) in [5.74, 6) is 0.0775. The molecule has 0 N–H and O–H groups in total. The lowest BCUT2D eigenvalue weighted by Crippen LogP contribution is -2.35. The van der Waals surface area contributed by atoms with Crippen molar-refractivity contribution in [2.75, 3.05) is 0 Å². The molecule has 2 aromatic carbocycles. The Bertz CT molecular complexity index is 604. The molecule has 0 spiro atoms. The van der Waals surface area contributed by atoms with Crippen molar-refractivity contribution in [2.45, 2.75) is 18.8 Å².